The number of alkyl halides is 3. The zero-order chi connectivity index (χ0) is 10.9. The second-order valence-corrected chi connectivity index (χ2v) is 4.11. The van der Waals surface area contributed by atoms with Crippen LogP contribution in [0.4, 0.5) is 13.2 Å². The quantitative estimate of drug-likeness (QED) is 0.750. The summed E-state index contributed by atoms with van der Waals surface area (Å²) in [4.78, 5) is 3.40. The molecule has 0 atom stereocenters. The zero-order valence-electron chi connectivity index (χ0n) is 7.69. The highest BCUT2D eigenvalue weighted by atomic mass is 79.9. The lowest BCUT2D eigenvalue weighted by Crippen LogP contribution is -2.09. The van der Waals surface area contributed by atoms with Crippen LogP contribution in [-0.4, -0.2) is 4.98 Å². The highest BCUT2D eigenvalue weighted by Crippen LogP contribution is 2.34. The van der Waals surface area contributed by atoms with Crippen LogP contribution in [0.5, 0.6) is 0 Å². The fourth-order valence-corrected chi connectivity index (χ4v) is 1.57. The maximum atomic E-state index is 12.3. The summed E-state index contributed by atoms with van der Waals surface area (Å²) in [6.07, 6.45) is -3.13. The van der Waals surface area contributed by atoms with Crippen LogP contribution < -0.4 is 0 Å². The molecule has 0 fully saturated rings. The van der Waals surface area contributed by atoms with Crippen LogP contribution in [0.25, 0.3) is 0 Å². The van der Waals surface area contributed by atoms with Crippen LogP contribution >= 0.6 is 15.9 Å². The first kappa shape index (κ1) is 11.5. The third-order valence-electron chi connectivity index (χ3n) is 1.80. The van der Waals surface area contributed by atoms with Gasteiger partial charge in [-0.3, -0.25) is 4.98 Å². The first-order chi connectivity index (χ1) is 6.32. The smallest absolute Gasteiger partial charge is 0.250 e. The molecule has 0 aliphatic heterocycles. The molecule has 1 aromatic heterocycles. The first-order valence-electron chi connectivity index (χ1n) is 4.05. The molecular weight excluding hydrogens is 259 g/mol. The Morgan fingerprint density at radius 3 is 2.29 bits per heavy atom. The Labute approximate surface area is 88.5 Å². The van der Waals surface area contributed by atoms with Crippen molar-refractivity contribution in [1.29, 1.82) is 0 Å². The summed E-state index contributed by atoms with van der Waals surface area (Å²) in [6, 6.07) is 1.46. The molecule has 14 heavy (non-hydrogen) atoms. The van der Waals surface area contributed by atoms with Crippen molar-refractivity contribution in [2.45, 2.75) is 25.9 Å². The molecule has 0 aliphatic rings. The lowest BCUT2D eigenvalue weighted by Gasteiger charge is -2.10. The summed E-state index contributed by atoms with van der Waals surface area (Å²) >= 11 is 2.87. The highest BCUT2D eigenvalue weighted by Gasteiger charge is 2.34. The van der Waals surface area contributed by atoms with Crippen molar-refractivity contribution >= 4 is 15.9 Å². The van der Waals surface area contributed by atoms with Gasteiger partial charge in [-0.25, -0.2) is 0 Å². The van der Waals surface area contributed by atoms with Gasteiger partial charge < -0.3 is 0 Å². The summed E-state index contributed by atoms with van der Waals surface area (Å²) < 4.78 is 36.9. The topological polar surface area (TPSA) is 12.9 Å². The van der Waals surface area contributed by atoms with Crippen molar-refractivity contribution in [3.05, 3.63) is 28.0 Å². The van der Waals surface area contributed by atoms with Crippen molar-refractivity contribution in [3.8, 4) is 0 Å². The molecule has 1 aromatic rings. The van der Waals surface area contributed by atoms with Crippen LogP contribution in [0.2, 0.25) is 0 Å². The van der Waals surface area contributed by atoms with Crippen molar-refractivity contribution < 1.29 is 13.2 Å². The SMILES string of the molecule is CC(C)c1cnc(C(F)(F)F)c(Br)c1. The Hall–Kier alpha value is -0.580. The second kappa shape index (κ2) is 3.88. The molecular formula is C9H9BrF3N. The van der Waals surface area contributed by atoms with Crippen LogP contribution in [0.3, 0.4) is 0 Å². The maximum Gasteiger partial charge on any atom is 0.434 e. The molecule has 5 heteroatoms. The molecule has 0 saturated carbocycles. The lowest BCUT2D eigenvalue weighted by molar-refractivity contribution is -0.141. The van der Waals surface area contributed by atoms with E-state index in [1.165, 1.54) is 12.3 Å². The molecule has 0 amide bonds. The average Bonchev–Trinajstić information content (AvgIpc) is 2.01. The van der Waals surface area contributed by atoms with Gasteiger partial charge in [-0.05, 0) is 33.5 Å². The first-order valence-corrected chi connectivity index (χ1v) is 4.84. The molecule has 1 nitrogen and oxygen atoms in total. The van der Waals surface area contributed by atoms with E-state index in [0.29, 0.717) is 0 Å². The summed E-state index contributed by atoms with van der Waals surface area (Å²) in [5.74, 6) is 0.168. The molecule has 1 heterocycles. The minimum atomic E-state index is -4.39. The van der Waals surface area contributed by atoms with Gasteiger partial charge in [-0.15, -0.1) is 0 Å². The molecule has 0 spiro atoms. The predicted octanol–water partition coefficient (Wildman–Crippen LogP) is 3.99. The molecule has 0 unspecified atom stereocenters. The van der Waals surface area contributed by atoms with Crippen LogP contribution in [0.1, 0.15) is 31.0 Å². The number of nitrogens with zero attached hydrogens (tertiary/aromatic N) is 1. The fourth-order valence-electron chi connectivity index (χ4n) is 0.977. The third kappa shape index (κ3) is 2.47. The largest absolute Gasteiger partial charge is 0.434 e. The van der Waals surface area contributed by atoms with E-state index in [-0.39, 0.29) is 10.4 Å². The van der Waals surface area contributed by atoms with Gasteiger partial charge in [0.05, 0.1) is 0 Å². The van der Waals surface area contributed by atoms with Gasteiger partial charge in [-0.1, -0.05) is 13.8 Å². The van der Waals surface area contributed by atoms with E-state index in [9.17, 15) is 13.2 Å². The Morgan fingerprint density at radius 2 is 1.93 bits per heavy atom. The molecule has 78 valence electrons. The molecule has 0 N–H and O–H groups in total. The lowest BCUT2D eigenvalue weighted by atomic mass is 10.1. The average molecular weight is 268 g/mol. The van der Waals surface area contributed by atoms with Crippen LogP contribution in [-0.2, 0) is 6.18 Å². The van der Waals surface area contributed by atoms with Crippen molar-refractivity contribution in [2.75, 3.05) is 0 Å². The van der Waals surface area contributed by atoms with E-state index >= 15 is 0 Å². The minimum absolute atomic E-state index is 0.00352. The molecule has 0 aliphatic carbocycles. The van der Waals surface area contributed by atoms with E-state index in [2.05, 4.69) is 20.9 Å². The number of pyridine rings is 1. The van der Waals surface area contributed by atoms with Gasteiger partial charge in [0.25, 0.3) is 0 Å². The van der Waals surface area contributed by atoms with Gasteiger partial charge in [-0.2, -0.15) is 13.2 Å². The molecule has 1 rings (SSSR count). The molecule has 0 bridgehead atoms. The number of aromatic nitrogens is 1. The van der Waals surface area contributed by atoms with Gasteiger partial charge in [0.2, 0.25) is 0 Å². The standard InChI is InChI=1S/C9H9BrF3N/c1-5(2)6-3-7(10)8(14-4-6)9(11,12)13/h3-5H,1-2H3. The summed E-state index contributed by atoms with van der Waals surface area (Å²) in [7, 11) is 0. The Kier molecular flexibility index (Phi) is 3.19. The van der Waals surface area contributed by atoms with Crippen LogP contribution in [0, 0.1) is 0 Å². The van der Waals surface area contributed by atoms with Crippen LogP contribution in [0.15, 0.2) is 16.7 Å². The summed E-state index contributed by atoms with van der Waals surface area (Å²) in [5, 5.41) is 0. The van der Waals surface area contributed by atoms with Gasteiger partial charge in [0, 0.05) is 10.7 Å². The van der Waals surface area contributed by atoms with E-state index < -0.39 is 11.9 Å². The van der Waals surface area contributed by atoms with E-state index in [0.717, 1.165) is 5.56 Å². The number of halogens is 4. The maximum absolute atomic E-state index is 12.3. The van der Waals surface area contributed by atoms with E-state index in [1.54, 1.807) is 0 Å². The monoisotopic (exact) mass is 267 g/mol. The van der Waals surface area contributed by atoms with Gasteiger partial charge in [0.15, 0.2) is 5.69 Å². The normalized spacial score (nSPS) is 12.2. The molecule has 0 saturated heterocycles. The van der Waals surface area contributed by atoms with Crippen molar-refractivity contribution in [2.24, 2.45) is 0 Å². The zero-order valence-corrected chi connectivity index (χ0v) is 9.28. The molecule has 0 aromatic carbocycles. The minimum Gasteiger partial charge on any atom is -0.250 e. The Morgan fingerprint density at radius 1 is 1.36 bits per heavy atom. The van der Waals surface area contributed by atoms with Gasteiger partial charge in [0.1, 0.15) is 0 Å². The Bertz CT molecular complexity index is 333. The van der Waals surface area contributed by atoms with E-state index in [1.807, 2.05) is 13.8 Å². The second-order valence-electron chi connectivity index (χ2n) is 3.25. The predicted molar refractivity (Wildman–Crippen MR) is 51.0 cm³/mol. The van der Waals surface area contributed by atoms with Crippen molar-refractivity contribution in [1.82, 2.24) is 4.98 Å². The molecule has 0 radical (unpaired) electrons. The summed E-state index contributed by atoms with van der Waals surface area (Å²) in [6.45, 7) is 3.80. The third-order valence-corrected chi connectivity index (χ3v) is 2.40. The van der Waals surface area contributed by atoms with Crippen molar-refractivity contribution in [3.63, 3.8) is 0 Å². The van der Waals surface area contributed by atoms with Gasteiger partial charge >= 0.3 is 6.18 Å². The number of hydrogen-bond acceptors (Lipinski definition) is 1. The van der Waals surface area contributed by atoms with E-state index in [4.69, 9.17) is 0 Å². The number of hydrogen-bond donors (Lipinski definition) is 0. The number of rotatable bonds is 1. The fraction of sp³-hybridized carbons (Fsp3) is 0.444. The highest BCUT2D eigenvalue weighted by molar-refractivity contribution is 9.10. The summed E-state index contributed by atoms with van der Waals surface area (Å²) in [5.41, 5.74) is -0.0909. The Balaban J connectivity index is 3.15.